The van der Waals surface area contributed by atoms with Gasteiger partial charge < -0.3 is 0 Å². The predicted octanol–water partition coefficient (Wildman–Crippen LogP) is 3.14. The molecule has 2 atom stereocenters. The fourth-order valence-corrected chi connectivity index (χ4v) is 1.30. The van der Waals surface area contributed by atoms with Crippen molar-refractivity contribution in [3.8, 4) is 0 Å². The Balaban J connectivity index is 2.22. The van der Waals surface area contributed by atoms with Gasteiger partial charge in [0.2, 0.25) is 0 Å². The van der Waals surface area contributed by atoms with E-state index in [0.717, 1.165) is 0 Å². The zero-order chi connectivity index (χ0) is 11.1. The summed E-state index contributed by atoms with van der Waals surface area (Å²) in [6, 6.07) is 10.6. The summed E-state index contributed by atoms with van der Waals surface area (Å²) in [7, 11) is 0. The summed E-state index contributed by atoms with van der Waals surface area (Å²) >= 11 is 0. The van der Waals surface area contributed by atoms with Crippen LogP contribution in [0.1, 0.15) is 32.8 Å². The van der Waals surface area contributed by atoms with Crippen molar-refractivity contribution in [2.24, 2.45) is 5.92 Å². The van der Waals surface area contributed by atoms with E-state index in [4.69, 9.17) is 4.84 Å². The smallest absolute Gasteiger partial charge is 0.0933 e. The molecule has 1 aromatic carbocycles. The Labute approximate surface area is 92.6 Å². The molecule has 0 aliphatic heterocycles. The van der Waals surface area contributed by atoms with Gasteiger partial charge >= 0.3 is 0 Å². The first kappa shape index (κ1) is 12.2. The van der Waals surface area contributed by atoms with Crippen LogP contribution in [0.25, 0.3) is 0 Å². The van der Waals surface area contributed by atoms with Gasteiger partial charge in [-0.3, -0.25) is 4.84 Å². The molecule has 0 saturated heterocycles. The highest BCUT2D eigenvalue weighted by atomic mass is 16.6. The number of hydrogen-bond acceptors (Lipinski definition) is 2. The van der Waals surface area contributed by atoms with Crippen LogP contribution in [-0.2, 0) is 11.4 Å². The van der Waals surface area contributed by atoms with E-state index in [-0.39, 0.29) is 0 Å². The van der Waals surface area contributed by atoms with Crippen molar-refractivity contribution in [3.63, 3.8) is 0 Å². The quantitative estimate of drug-likeness (QED) is 0.724. The highest BCUT2D eigenvalue weighted by Crippen LogP contribution is 2.07. The summed E-state index contributed by atoms with van der Waals surface area (Å²) in [5.74, 6) is 0.640. The molecule has 0 fully saturated rings. The van der Waals surface area contributed by atoms with Crippen molar-refractivity contribution in [3.05, 3.63) is 35.9 Å². The summed E-state index contributed by atoms with van der Waals surface area (Å²) in [4.78, 5) is 5.45. The third-order valence-electron chi connectivity index (χ3n) is 2.85. The molecule has 2 unspecified atom stereocenters. The van der Waals surface area contributed by atoms with Crippen molar-refractivity contribution in [1.82, 2.24) is 5.48 Å². The molecule has 1 rings (SSSR count). The lowest BCUT2D eigenvalue weighted by Crippen LogP contribution is -2.31. The fraction of sp³-hybridized carbons (Fsp3) is 0.538. The van der Waals surface area contributed by atoms with Crippen molar-refractivity contribution in [1.29, 1.82) is 0 Å². The monoisotopic (exact) mass is 207 g/mol. The molecule has 0 aliphatic carbocycles. The molecule has 0 saturated carbocycles. The van der Waals surface area contributed by atoms with Gasteiger partial charge in [-0.1, -0.05) is 50.6 Å². The van der Waals surface area contributed by atoms with Gasteiger partial charge in [0.1, 0.15) is 0 Å². The van der Waals surface area contributed by atoms with Gasteiger partial charge in [-0.15, -0.1) is 0 Å². The van der Waals surface area contributed by atoms with E-state index in [0.29, 0.717) is 18.6 Å². The Morgan fingerprint density at radius 2 is 1.87 bits per heavy atom. The van der Waals surface area contributed by atoms with Crippen molar-refractivity contribution < 1.29 is 4.84 Å². The summed E-state index contributed by atoms with van der Waals surface area (Å²) in [6.07, 6.45) is 1.17. The van der Waals surface area contributed by atoms with E-state index in [1.54, 1.807) is 0 Å². The van der Waals surface area contributed by atoms with Gasteiger partial charge in [0.05, 0.1) is 6.61 Å². The topological polar surface area (TPSA) is 21.3 Å². The maximum Gasteiger partial charge on any atom is 0.0933 e. The Kier molecular flexibility index (Phi) is 5.37. The summed E-state index contributed by atoms with van der Waals surface area (Å²) in [5.41, 5.74) is 4.28. The van der Waals surface area contributed by atoms with Gasteiger partial charge in [0, 0.05) is 6.04 Å². The number of benzene rings is 1. The van der Waals surface area contributed by atoms with Crippen molar-refractivity contribution in [2.45, 2.75) is 39.8 Å². The van der Waals surface area contributed by atoms with Crippen LogP contribution in [-0.4, -0.2) is 6.04 Å². The van der Waals surface area contributed by atoms with E-state index in [9.17, 15) is 0 Å². The highest BCUT2D eigenvalue weighted by Gasteiger charge is 2.08. The van der Waals surface area contributed by atoms with Crippen molar-refractivity contribution in [2.75, 3.05) is 0 Å². The molecule has 0 aromatic heterocycles. The Morgan fingerprint density at radius 1 is 1.20 bits per heavy atom. The van der Waals surface area contributed by atoms with Crippen LogP contribution < -0.4 is 5.48 Å². The van der Waals surface area contributed by atoms with Gasteiger partial charge in [0.15, 0.2) is 0 Å². The van der Waals surface area contributed by atoms with Crippen LogP contribution in [0.4, 0.5) is 0 Å². The van der Waals surface area contributed by atoms with E-state index >= 15 is 0 Å². The lowest BCUT2D eigenvalue weighted by atomic mass is 10.0. The van der Waals surface area contributed by atoms with Crippen LogP contribution in [0.3, 0.4) is 0 Å². The first-order chi connectivity index (χ1) is 7.24. The molecule has 0 bridgehead atoms. The van der Waals surface area contributed by atoms with Crippen LogP contribution in [0.2, 0.25) is 0 Å². The van der Waals surface area contributed by atoms with Crippen molar-refractivity contribution >= 4 is 0 Å². The summed E-state index contributed by atoms with van der Waals surface area (Å²) in [6.45, 7) is 7.20. The maximum absolute atomic E-state index is 5.45. The highest BCUT2D eigenvalue weighted by molar-refractivity contribution is 5.13. The van der Waals surface area contributed by atoms with Crippen LogP contribution in [0.5, 0.6) is 0 Å². The first-order valence-electron chi connectivity index (χ1n) is 5.65. The zero-order valence-corrected chi connectivity index (χ0v) is 9.86. The summed E-state index contributed by atoms with van der Waals surface area (Å²) in [5, 5.41) is 0. The molecule has 0 aliphatic rings. The third-order valence-corrected chi connectivity index (χ3v) is 2.85. The van der Waals surface area contributed by atoms with E-state index in [1.807, 2.05) is 18.2 Å². The van der Waals surface area contributed by atoms with Crippen LogP contribution in [0.15, 0.2) is 30.3 Å². The lowest BCUT2D eigenvalue weighted by Gasteiger charge is -2.19. The Bertz CT molecular complexity index is 260. The fourth-order valence-electron chi connectivity index (χ4n) is 1.30. The van der Waals surface area contributed by atoms with Gasteiger partial charge in [-0.05, 0) is 18.4 Å². The number of hydrogen-bond donors (Lipinski definition) is 1. The molecular weight excluding hydrogens is 186 g/mol. The molecule has 0 heterocycles. The van der Waals surface area contributed by atoms with Crippen LogP contribution >= 0.6 is 0 Å². The summed E-state index contributed by atoms with van der Waals surface area (Å²) < 4.78 is 0. The Hall–Kier alpha value is -0.860. The molecule has 0 radical (unpaired) electrons. The first-order valence-corrected chi connectivity index (χ1v) is 5.65. The molecule has 84 valence electrons. The largest absolute Gasteiger partial charge is 0.297 e. The molecule has 2 heteroatoms. The second-order valence-corrected chi connectivity index (χ2v) is 4.07. The molecule has 1 aromatic rings. The second kappa shape index (κ2) is 6.59. The van der Waals surface area contributed by atoms with Crippen LogP contribution in [0, 0.1) is 5.92 Å². The molecular formula is C13H21NO. The van der Waals surface area contributed by atoms with E-state index < -0.39 is 0 Å². The lowest BCUT2D eigenvalue weighted by molar-refractivity contribution is -0.00442. The minimum atomic E-state index is 0.402. The molecule has 15 heavy (non-hydrogen) atoms. The average molecular weight is 207 g/mol. The van der Waals surface area contributed by atoms with Gasteiger partial charge in [-0.2, -0.15) is 5.48 Å². The SMILES string of the molecule is CCC(C)C(C)NOCc1ccccc1. The normalized spacial score (nSPS) is 14.9. The number of rotatable bonds is 6. The second-order valence-electron chi connectivity index (χ2n) is 4.07. The number of nitrogens with one attached hydrogen (secondary N) is 1. The molecule has 0 amide bonds. The third kappa shape index (κ3) is 4.45. The standard InChI is InChI=1S/C13H21NO/c1-4-11(2)12(3)14-15-10-13-8-6-5-7-9-13/h5-9,11-12,14H,4,10H2,1-3H3. The van der Waals surface area contributed by atoms with Gasteiger partial charge in [-0.25, -0.2) is 0 Å². The minimum absolute atomic E-state index is 0.402. The minimum Gasteiger partial charge on any atom is -0.297 e. The average Bonchev–Trinajstić information content (AvgIpc) is 2.29. The van der Waals surface area contributed by atoms with E-state index in [1.165, 1.54) is 12.0 Å². The zero-order valence-electron chi connectivity index (χ0n) is 9.86. The molecule has 0 spiro atoms. The Morgan fingerprint density at radius 3 is 2.47 bits per heavy atom. The number of hydroxylamine groups is 1. The molecule has 2 nitrogen and oxygen atoms in total. The molecule has 1 N–H and O–H groups in total. The van der Waals surface area contributed by atoms with Gasteiger partial charge in [0.25, 0.3) is 0 Å². The van der Waals surface area contributed by atoms with E-state index in [2.05, 4.69) is 38.4 Å². The maximum atomic E-state index is 5.45. The predicted molar refractivity (Wildman–Crippen MR) is 63.3 cm³/mol.